The predicted octanol–water partition coefficient (Wildman–Crippen LogP) is 3.84. The van der Waals surface area contributed by atoms with Crippen molar-refractivity contribution in [2.24, 2.45) is 0 Å². The average Bonchev–Trinajstić information content (AvgIpc) is 3.32. The molecular formula is C24H25N7O4. The van der Waals surface area contributed by atoms with Crippen LogP contribution in [0.25, 0.3) is 11.4 Å². The van der Waals surface area contributed by atoms with E-state index in [1.807, 2.05) is 24.4 Å². The third-order valence-corrected chi connectivity index (χ3v) is 4.90. The van der Waals surface area contributed by atoms with Gasteiger partial charge < -0.3 is 29.9 Å². The van der Waals surface area contributed by atoms with Crippen LogP contribution in [0.1, 0.15) is 25.9 Å². The van der Waals surface area contributed by atoms with E-state index in [1.54, 1.807) is 30.5 Å². The van der Waals surface area contributed by atoms with Gasteiger partial charge in [-0.25, -0.2) is 9.97 Å². The highest BCUT2D eigenvalue weighted by Gasteiger charge is 2.19. The molecule has 0 aliphatic carbocycles. The van der Waals surface area contributed by atoms with Gasteiger partial charge in [0.25, 0.3) is 11.8 Å². The summed E-state index contributed by atoms with van der Waals surface area (Å²) in [6.45, 7) is -0.610. The quantitative estimate of drug-likeness (QED) is 0.325. The molecule has 11 nitrogen and oxygen atoms in total. The first-order chi connectivity index (χ1) is 18.2. The van der Waals surface area contributed by atoms with Gasteiger partial charge in [0.05, 0.1) is 29.6 Å². The summed E-state index contributed by atoms with van der Waals surface area (Å²) in [7, 11) is 2.99. The molecule has 0 aliphatic rings. The number of hydrogen-bond acceptors (Lipinski definition) is 10. The largest absolute Gasteiger partial charge is 0.494 e. The molecule has 0 radical (unpaired) electrons. The summed E-state index contributed by atoms with van der Waals surface area (Å²) < 4.78 is 38.1. The van der Waals surface area contributed by atoms with Gasteiger partial charge in [0.15, 0.2) is 5.75 Å². The first kappa shape index (κ1) is 19.9. The number of methoxy groups -OCH3 is 2. The number of aromatic nitrogens is 4. The number of aryl methyl sites for hydroxylation is 1. The lowest BCUT2D eigenvalue weighted by molar-refractivity contribution is 0.0963. The minimum absolute atomic E-state index is 0.00160. The van der Waals surface area contributed by atoms with E-state index in [1.165, 1.54) is 20.4 Å². The van der Waals surface area contributed by atoms with Crippen molar-refractivity contribution in [3.8, 4) is 17.1 Å². The van der Waals surface area contributed by atoms with Gasteiger partial charge in [-0.15, -0.1) is 0 Å². The predicted molar refractivity (Wildman–Crippen MR) is 130 cm³/mol. The normalized spacial score (nSPS) is 12.3. The van der Waals surface area contributed by atoms with Crippen molar-refractivity contribution in [2.45, 2.75) is 13.5 Å². The molecule has 0 bridgehead atoms. The van der Waals surface area contributed by atoms with Crippen LogP contribution in [0.2, 0.25) is 0 Å². The smallest absolute Gasteiger partial charge is 0.254 e. The molecule has 1 amide bonds. The Kier molecular flexibility index (Phi) is 6.04. The Hall–Kier alpha value is -4.51. The number of carbonyl (C=O) groups excluding carboxylic acids is 1. The second-order valence-electron chi connectivity index (χ2n) is 7.37. The summed E-state index contributed by atoms with van der Waals surface area (Å²) >= 11 is 0. The molecule has 4 aromatic rings. The summed E-state index contributed by atoms with van der Waals surface area (Å²) in [6.07, 6.45) is 2.93. The standard InChI is InChI=1S/C24H25N7O4/c1-14-8-9-26-19(10-14)29-20-11-18(16(12-27-20)24(32)25-2)28-17-7-5-6-15(22(17)34-4)23-30-21(13-33-3)35-31-23/h5-12H,13H2,1-4H3,(H,25,32)(H2,26,27,28,29)/i2D3. The van der Waals surface area contributed by atoms with Crippen molar-refractivity contribution >= 4 is 28.9 Å². The van der Waals surface area contributed by atoms with Crippen LogP contribution in [-0.2, 0) is 11.3 Å². The zero-order valence-electron chi connectivity index (χ0n) is 22.2. The Labute approximate surface area is 206 Å². The van der Waals surface area contributed by atoms with Gasteiger partial charge in [0, 0.05) is 36.7 Å². The number of carbonyl (C=O) groups is 1. The number of pyridine rings is 2. The summed E-state index contributed by atoms with van der Waals surface area (Å²) in [5, 5.41) is 12.2. The molecule has 0 saturated carbocycles. The number of nitrogens with zero attached hydrogens (tertiary/aromatic N) is 4. The molecule has 3 N–H and O–H groups in total. The van der Waals surface area contributed by atoms with Gasteiger partial charge in [0.1, 0.15) is 18.2 Å². The number of ether oxygens (including phenoxy) is 2. The molecular weight excluding hydrogens is 450 g/mol. The van der Waals surface area contributed by atoms with Gasteiger partial charge in [0.2, 0.25) is 5.82 Å². The lowest BCUT2D eigenvalue weighted by Gasteiger charge is -2.17. The van der Waals surface area contributed by atoms with E-state index in [0.717, 1.165) is 5.56 Å². The van der Waals surface area contributed by atoms with Crippen LogP contribution in [0.5, 0.6) is 5.75 Å². The van der Waals surface area contributed by atoms with E-state index < -0.39 is 12.9 Å². The molecule has 0 fully saturated rings. The maximum absolute atomic E-state index is 12.8. The molecule has 35 heavy (non-hydrogen) atoms. The number of para-hydroxylation sites is 1. The highest BCUT2D eigenvalue weighted by atomic mass is 16.5. The van der Waals surface area contributed by atoms with Crippen LogP contribution in [0, 0.1) is 6.92 Å². The highest BCUT2D eigenvalue weighted by molar-refractivity contribution is 6.00. The molecule has 3 heterocycles. The minimum atomic E-state index is -2.69. The highest BCUT2D eigenvalue weighted by Crippen LogP contribution is 2.37. The van der Waals surface area contributed by atoms with E-state index in [4.69, 9.17) is 18.1 Å². The second-order valence-corrected chi connectivity index (χ2v) is 7.37. The fraction of sp³-hybridized carbons (Fsp3) is 0.208. The number of benzene rings is 1. The molecule has 0 saturated heterocycles. The third kappa shape index (κ3) is 5.36. The maximum atomic E-state index is 12.8. The van der Waals surface area contributed by atoms with Crippen LogP contribution in [0.4, 0.5) is 23.0 Å². The van der Waals surface area contributed by atoms with Crippen LogP contribution < -0.4 is 20.7 Å². The van der Waals surface area contributed by atoms with Gasteiger partial charge in [-0.1, -0.05) is 11.2 Å². The third-order valence-electron chi connectivity index (χ3n) is 4.90. The van der Waals surface area contributed by atoms with Gasteiger partial charge in [-0.2, -0.15) is 4.98 Å². The van der Waals surface area contributed by atoms with E-state index in [-0.39, 0.29) is 23.7 Å². The zero-order chi connectivity index (χ0) is 27.3. The Balaban J connectivity index is 1.74. The number of rotatable bonds is 9. The van der Waals surface area contributed by atoms with Gasteiger partial charge >= 0.3 is 0 Å². The number of anilines is 4. The van der Waals surface area contributed by atoms with Crippen molar-refractivity contribution in [2.75, 3.05) is 31.8 Å². The summed E-state index contributed by atoms with van der Waals surface area (Å²) in [5.41, 5.74) is 2.23. The number of nitrogens with one attached hydrogen (secondary N) is 3. The number of hydrogen-bond donors (Lipinski definition) is 3. The van der Waals surface area contributed by atoms with Crippen LogP contribution in [-0.4, -0.2) is 47.2 Å². The monoisotopic (exact) mass is 478 g/mol. The van der Waals surface area contributed by atoms with Crippen molar-refractivity contribution in [3.05, 3.63) is 65.8 Å². The van der Waals surface area contributed by atoms with Gasteiger partial charge in [-0.3, -0.25) is 4.79 Å². The van der Waals surface area contributed by atoms with E-state index >= 15 is 0 Å². The zero-order valence-corrected chi connectivity index (χ0v) is 19.2. The topological polar surface area (TPSA) is 136 Å². The Bertz CT molecular complexity index is 1440. The minimum Gasteiger partial charge on any atom is -0.494 e. The fourth-order valence-electron chi connectivity index (χ4n) is 3.33. The lowest BCUT2D eigenvalue weighted by Crippen LogP contribution is -2.19. The van der Waals surface area contributed by atoms with Crippen molar-refractivity contribution in [1.29, 1.82) is 0 Å². The van der Waals surface area contributed by atoms with Crippen molar-refractivity contribution in [3.63, 3.8) is 0 Å². The molecule has 180 valence electrons. The summed E-state index contributed by atoms with van der Waals surface area (Å²) in [5.74, 6) is 1.02. The molecule has 3 aromatic heterocycles. The van der Waals surface area contributed by atoms with Crippen LogP contribution >= 0.6 is 0 Å². The molecule has 1 aromatic carbocycles. The Morgan fingerprint density at radius 1 is 1.11 bits per heavy atom. The Morgan fingerprint density at radius 3 is 2.74 bits per heavy atom. The molecule has 0 spiro atoms. The van der Waals surface area contributed by atoms with Crippen LogP contribution in [0.3, 0.4) is 0 Å². The molecule has 0 unspecified atom stereocenters. The van der Waals surface area contributed by atoms with E-state index in [0.29, 0.717) is 34.5 Å². The first-order valence-corrected chi connectivity index (χ1v) is 10.4. The summed E-state index contributed by atoms with van der Waals surface area (Å²) in [6, 6.07) is 10.5. The fourth-order valence-corrected chi connectivity index (χ4v) is 3.33. The average molecular weight is 479 g/mol. The Morgan fingerprint density at radius 2 is 1.97 bits per heavy atom. The molecule has 0 atom stereocenters. The lowest BCUT2D eigenvalue weighted by atomic mass is 10.1. The second kappa shape index (κ2) is 10.6. The first-order valence-electron chi connectivity index (χ1n) is 11.9. The van der Waals surface area contributed by atoms with Gasteiger partial charge in [-0.05, 0) is 36.8 Å². The van der Waals surface area contributed by atoms with Crippen molar-refractivity contribution < 1.29 is 22.9 Å². The van der Waals surface area contributed by atoms with E-state index in [9.17, 15) is 4.79 Å². The van der Waals surface area contributed by atoms with E-state index in [2.05, 4.69) is 30.7 Å². The molecule has 0 aliphatic heterocycles. The van der Waals surface area contributed by atoms with Crippen LogP contribution in [0.15, 0.2) is 53.3 Å². The van der Waals surface area contributed by atoms with Crippen molar-refractivity contribution in [1.82, 2.24) is 25.4 Å². The number of amides is 1. The SMILES string of the molecule is [2H]C([2H])([2H])NC(=O)c1cnc(Nc2cc(C)ccn2)cc1Nc1cccc(-c2noc(COC)n2)c1OC. The summed E-state index contributed by atoms with van der Waals surface area (Å²) in [4.78, 5) is 25.7. The molecule has 4 rings (SSSR count). The maximum Gasteiger partial charge on any atom is 0.254 e. The molecule has 11 heteroatoms.